The molecule has 1 atom stereocenters. The molecule has 0 saturated heterocycles. The van der Waals surface area contributed by atoms with Gasteiger partial charge < -0.3 is 5.11 Å². The first kappa shape index (κ1) is 25.8. The molecule has 6 heteroatoms. The number of pyridine rings is 2. The maximum absolute atomic E-state index is 12.6. The molecule has 0 spiro atoms. The lowest BCUT2D eigenvalue weighted by atomic mass is 9.78. The molecule has 42 heavy (non-hydrogen) atoms. The molecule has 4 aromatic carbocycles. The lowest BCUT2D eigenvalue weighted by Crippen LogP contribution is -2.29. The molecule has 7 aromatic rings. The van der Waals surface area contributed by atoms with Crippen LogP contribution in [0.4, 0.5) is 0 Å². The topological polar surface area (TPSA) is 63.8 Å². The minimum Gasteiger partial charge on any atom is -0.376 e. The molecule has 202 valence electrons. The lowest BCUT2D eigenvalue weighted by Gasteiger charge is -2.32. The Hall–Kier alpha value is -5.10. The molecule has 7 rings (SSSR count). The van der Waals surface area contributed by atoms with Crippen LogP contribution < -0.4 is 0 Å². The second kappa shape index (κ2) is 10.7. The van der Waals surface area contributed by atoms with Gasteiger partial charge in [0.25, 0.3) is 0 Å². The number of benzene rings is 4. The van der Waals surface area contributed by atoms with Crippen molar-refractivity contribution in [3.8, 4) is 28.3 Å². The number of rotatable bonds is 6. The van der Waals surface area contributed by atoms with Crippen LogP contribution in [0, 0.1) is 0 Å². The lowest BCUT2D eigenvalue weighted by molar-refractivity contribution is 0.126. The predicted octanol–water partition coefficient (Wildman–Crippen LogP) is 8.09. The predicted molar refractivity (Wildman–Crippen MR) is 168 cm³/mol. The number of halogens is 1. The van der Waals surface area contributed by atoms with E-state index >= 15 is 0 Å². The molecule has 0 radical (unpaired) electrons. The van der Waals surface area contributed by atoms with E-state index in [0.29, 0.717) is 16.1 Å². The maximum Gasteiger partial charge on any atom is 0.164 e. The van der Waals surface area contributed by atoms with Crippen LogP contribution in [0.25, 0.3) is 39.4 Å². The number of aliphatic hydroxyl groups is 1. The van der Waals surface area contributed by atoms with Crippen molar-refractivity contribution in [2.24, 2.45) is 0 Å². The zero-order chi connectivity index (χ0) is 28.5. The van der Waals surface area contributed by atoms with Crippen LogP contribution in [-0.2, 0) is 5.60 Å². The Balaban J connectivity index is 1.45. The fourth-order valence-corrected chi connectivity index (χ4v) is 5.67. The van der Waals surface area contributed by atoms with Crippen molar-refractivity contribution in [3.05, 3.63) is 168 Å². The summed E-state index contributed by atoms with van der Waals surface area (Å²) < 4.78 is 2.13. The summed E-state index contributed by atoms with van der Waals surface area (Å²) in [5.41, 5.74) is 5.99. The van der Waals surface area contributed by atoms with Crippen molar-refractivity contribution in [3.63, 3.8) is 0 Å². The van der Waals surface area contributed by atoms with Gasteiger partial charge in [0.2, 0.25) is 0 Å². The number of nitrogens with zero attached hydrogens (tertiary/aromatic N) is 4. The molecular formula is C36H25ClN4O. The highest BCUT2D eigenvalue weighted by molar-refractivity contribution is 6.30. The van der Waals surface area contributed by atoms with Crippen molar-refractivity contribution >= 4 is 22.6 Å². The monoisotopic (exact) mass is 564 g/mol. The van der Waals surface area contributed by atoms with E-state index in [1.54, 1.807) is 30.7 Å². The average Bonchev–Trinajstić information content (AvgIpc) is 3.45. The van der Waals surface area contributed by atoms with E-state index in [-0.39, 0.29) is 0 Å². The van der Waals surface area contributed by atoms with Crippen molar-refractivity contribution in [2.45, 2.75) is 5.60 Å². The van der Waals surface area contributed by atoms with Crippen LogP contribution in [0.2, 0.25) is 5.02 Å². The summed E-state index contributed by atoms with van der Waals surface area (Å²) in [5, 5.41) is 13.2. The van der Waals surface area contributed by atoms with Crippen LogP contribution in [0.3, 0.4) is 0 Å². The summed E-state index contributed by atoms with van der Waals surface area (Å²) in [5.74, 6) is 0.760. The van der Waals surface area contributed by atoms with Gasteiger partial charge in [-0.25, -0.2) is 4.98 Å². The Morgan fingerprint density at radius 2 is 1.48 bits per heavy atom. The third kappa shape index (κ3) is 4.45. The van der Waals surface area contributed by atoms with Gasteiger partial charge in [-0.1, -0.05) is 84.4 Å². The van der Waals surface area contributed by atoms with Gasteiger partial charge >= 0.3 is 0 Å². The summed E-state index contributed by atoms with van der Waals surface area (Å²) in [4.78, 5) is 14.0. The van der Waals surface area contributed by atoms with Crippen LogP contribution >= 0.6 is 11.6 Å². The molecule has 3 aromatic heterocycles. The summed E-state index contributed by atoms with van der Waals surface area (Å²) in [6.07, 6.45) is 5.19. The molecule has 1 N–H and O–H groups in total. The Morgan fingerprint density at radius 3 is 2.24 bits per heavy atom. The summed E-state index contributed by atoms with van der Waals surface area (Å²) in [7, 11) is 0. The molecule has 0 bridgehead atoms. The van der Waals surface area contributed by atoms with Crippen molar-refractivity contribution in [2.75, 3.05) is 0 Å². The zero-order valence-electron chi connectivity index (χ0n) is 22.5. The molecule has 1 unspecified atom stereocenters. The SMILES string of the molecule is OC(c1ccc(Cl)cc1)(c1cccnc1)c1ccccc1-c1ccc2c(c1)nc(-c1ccccn1)n2-c1ccccc1. The van der Waals surface area contributed by atoms with Crippen LogP contribution in [0.15, 0.2) is 146 Å². The zero-order valence-corrected chi connectivity index (χ0v) is 23.2. The Morgan fingerprint density at radius 1 is 0.690 bits per heavy atom. The highest BCUT2D eigenvalue weighted by atomic mass is 35.5. The standard InChI is InChI=1S/C36H25ClN4O/c37-28-18-16-26(17-19-28)36(42,27-9-8-21-38-24-27)31-13-5-4-12-30(31)25-15-20-34-33(23-25)40-35(32-14-6-7-22-39-32)41(34)29-10-2-1-3-11-29/h1-24,42H. The second-order valence-electron chi connectivity index (χ2n) is 10.0. The maximum atomic E-state index is 12.6. The first-order chi connectivity index (χ1) is 20.6. The summed E-state index contributed by atoms with van der Waals surface area (Å²) in [6.45, 7) is 0. The van der Waals surface area contributed by atoms with Gasteiger partial charge in [0.1, 0.15) is 11.3 Å². The normalized spacial score (nSPS) is 12.7. The second-order valence-corrected chi connectivity index (χ2v) is 10.5. The number of fused-ring (bicyclic) bond motifs is 1. The van der Waals surface area contributed by atoms with E-state index in [9.17, 15) is 5.11 Å². The average molecular weight is 565 g/mol. The third-order valence-electron chi connectivity index (χ3n) is 7.53. The number of hydrogen-bond acceptors (Lipinski definition) is 4. The van der Waals surface area contributed by atoms with E-state index in [0.717, 1.165) is 44.9 Å². The van der Waals surface area contributed by atoms with Gasteiger partial charge in [0.05, 0.1) is 11.0 Å². The number of aromatic nitrogens is 4. The van der Waals surface area contributed by atoms with E-state index in [1.165, 1.54) is 0 Å². The first-order valence-electron chi connectivity index (χ1n) is 13.6. The van der Waals surface area contributed by atoms with Gasteiger partial charge in [0.15, 0.2) is 5.82 Å². The fraction of sp³-hybridized carbons (Fsp3) is 0.0278. The van der Waals surface area contributed by atoms with Gasteiger partial charge in [-0.2, -0.15) is 0 Å². The highest BCUT2D eigenvalue weighted by Gasteiger charge is 2.36. The van der Waals surface area contributed by atoms with E-state index in [4.69, 9.17) is 16.6 Å². The minimum absolute atomic E-state index is 0.601. The molecular weight excluding hydrogens is 540 g/mol. The largest absolute Gasteiger partial charge is 0.376 e. The molecule has 5 nitrogen and oxygen atoms in total. The quantitative estimate of drug-likeness (QED) is 0.222. The Labute approximate surface area is 248 Å². The minimum atomic E-state index is -1.48. The number of imidazole rings is 1. The van der Waals surface area contributed by atoms with E-state index < -0.39 is 5.60 Å². The molecule has 3 heterocycles. The highest BCUT2D eigenvalue weighted by Crippen LogP contribution is 2.42. The molecule has 0 aliphatic carbocycles. The van der Waals surface area contributed by atoms with Crippen LogP contribution in [0.1, 0.15) is 16.7 Å². The van der Waals surface area contributed by atoms with Gasteiger partial charge in [-0.15, -0.1) is 0 Å². The molecule has 0 aliphatic rings. The summed E-state index contributed by atoms with van der Waals surface area (Å²) >= 11 is 6.23. The third-order valence-corrected chi connectivity index (χ3v) is 7.78. The molecule has 0 saturated carbocycles. The Bertz CT molecular complexity index is 1990. The summed E-state index contributed by atoms with van der Waals surface area (Å²) in [6, 6.07) is 41.2. The van der Waals surface area contributed by atoms with Gasteiger partial charge in [-0.3, -0.25) is 14.5 Å². The van der Waals surface area contributed by atoms with Crippen LogP contribution in [0.5, 0.6) is 0 Å². The van der Waals surface area contributed by atoms with Crippen molar-refractivity contribution in [1.29, 1.82) is 0 Å². The van der Waals surface area contributed by atoms with E-state index in [2.05, 4.69) is 44.9 Å². The molecule has 0 amide bonds. The smallest absolute Gasteiger partial charge is 0.164 e. The number of para-hydroxylation sites is 1. The van der Waals surface area contributed by atoms with Crippen LogP contribution in [-0.4, -0.2) is 24.6 Å². The molecule has 0 fully saturated rings. The number of hydrogen-bond donors (Lipinski definition) is 1. The fourth-order valence-electron chi connectivity index (χ4n) is 5.55. The molecule has 0 aliphatic heterocycles. The van der Waals surface area contributed by atoms with Crippen molar-refractivity contribution in [1.82, 2.24) is 19.5 Å². The van der Waals surface area contributed by atoms with Gasteiger partial charge in [0, 0.05) is 40.4 Å². The van der Waals surface area contributed by atoms with Gasteiger partial charge in [-0.05, 0) is 71.3 Å². The van der Waals surface area contributed by atoms with Crippen molar-refractivity contribution < 1.29 is 5.11 Å². The first-order valence-corrected chi connectivity index (χ1v) is 14.0. The Kier molecular flexibility index (Phi) is 6.59. The van der Waals surface area contributed by atoms with E-state index in [1.807, 2.05) is 84.9 Å².